The lowest BCUT2D eigenvalue weighted by Gasteiger charge is -2.72. The second-order valence-electron chi connectivity index (χ2n) is 28.0. The minimum Gasteiger partial charge on any atom is -0.479 e. The van der Waals surface area contributed by atoms with Crippen LogP contribution in [0.2, 0.25) is 0 Å². The standard InChI is InChI=1S/C59H92O27/c1-24(2)16-35(66)82-48-47(74)59(23-79-25(3)62)27(17-54(48,4)5)26-10-11-32-55(6)14-13-34(56(7,22-61)31(55)12-15-57(32,8)58(26,9)18-33(59)65)81-53-46(86-52-40(71)38(69)37(68)30(19-60)80-52)44(41(72)45(85-53)49(75)76)84-51-42(73)43(29(64)21-78-51)83-50-39(70)36(67)28(63)20-77-50/h10,22,24,27-34,36-48,50-53,60,63-65,67-74H,11-21,23H2,1-9H3,(H,75,76)/t27-,28-,29-,30+,31+,32+,33+,34-,36-,37-,38-,39+,40+,41-,42+,43-,44-,45-,46+,47-,48-,50-,51-,52-,53+,55-,56-,57+,58+,59-/m0/s1. The number of aliphatic hydroxyl groups is 12. The highest BCUT2D eigenvalue weighted by molar-refractivity contribution is 5.73. The van der Waals surface area contributed by atoms with Crippen molar-refractivity contribution in [3.05, 3.63) is 11.6 Å². The maximum absolute atomic E-state index is 14.2. The van der Waals surface area contributed by atoms with E-state index in [0.717, 1.165) is 11.9 Å². The molecule has 0 aromatic carbocycles. The molecule has 5 aliphatic carbocycles. The van der Waals surface area contributed by atoms with E-state index in [4.69, 9.17) is 47.4 Å². The summed E-state index contributed by atoms with van der Waals surface area (Å²) in [6.07, 6.45) is -33.6. The van der Waals surface area contributed by atoms with E-state index in [1.54, 1.807) is 6.92 Å². The van der Waals surface area contributed by atoms with Crippen molar-refractivity contribution in [2.75, 3.05) is 26.4 Å². The molecule has 0 bridgehead atoms. The smallest absolute Gasteiger partial charge is 0.335 e. The number of carboxylic acid groups (broad SMARTS) is 1. The Bertz CT molecular complexity index is 2480. The molecule has 0 radical (unpaired) electrons. The van der Waals surface area contributed by atoms with E-state index in [2.05, 4.69) is 26.8 Å². The highest BCUT2D eigenvalue weighted by Crippen LogP contribution is 2.76. The Hall–Kier alpha value is -2.98. The van der Waals surface area contributed by atoms with Crippen LogP contribution in [0.25, 0.3) is 0 Å². The molecule has 30 atom stereocenters. The zero-order chi connectivity index (χ0) is 63.3. The molecule has 27 heteroatoms. The van der Waals surface area contributed by atoms with E-state index in [1.807, 2.05) is 27.7 Å². The summed E-state index contributed by atoms with van der Waals surface area (Å²) >= 11 is 0. The number of rotatable bonds is 16. The van der Waals surface area contributed by atoms with Crippen molar-refractivity contribution < 1.29 is 133 Å². The summed E-state index contributed by atoms with van der Waals surface area (Å²) in [5.74, 6) is -4.01. The summed E-state index contributed by atoms with van der Waals surface area (Å²) in [6, 6.07) is 0. The van der Waals surface area contributed by atoms with Gasteiger partial charge in [-0.15, -0.1) is 0 Å². The largest absolute Gasteiger partial charge is 0.479 e. The number of esters is 2. The van der Waals surface area contributed by atoms with E-state index in [-0.39, 0.29) is 37.7 Å². The highest BCUT2D eigenvalue weighted by Gasteiger charge is 2.74. The summed E-state index contributed by atoms with van der Waals surface area (Å²) in [6.45, 7) is 14.7. The molecule has 27 nitrogen and oxygen atoms in total. The van der Waals surface area contributed by atoms with E-state index in [9.17, 15) is 85.6 Å². The Kier molecular flexibility index (Phi) is 19.5. The summed E-state index contributed by atoms with van der Waals surface area (Å²) in [5, 5.41) is 145. The molecule has 0 aromatic heterocycles. The minimum absolute atomic E-state index is 0.0216. The third-order valence-corrected chi connectivity index (χ3v) is 22.0. The van der Waals surface area contributed by atoms with Crippen LogP contribution in [0.3, 0.4) is 0 Å². The predicted octanol–water partition coefficient (Wildman–Crippen LogP) is -1.93. The molecule has 0 spiro atoms. The van der Waals surface area contributed by atoms with Crippen LogP contribution in [-0.2, 0) is 66.5 Å². The Morgan fingerprint density at radius 2 is 1.33 bits per heavy atom. The van der Waals surface area contributed by atoms with Crippen LogP contribution in [0.5, 0.6) is 0 Å². The van der Waals surface area contributed by atoms with E-state index >= 15 is 0 Å². The van der Waals surface area contributed by atoms with Crippen molar-refractivity contribution in [1.82, 2.24) is 0 Å². The lowest BCUT2D eigenvalue weighted by molar-refractivity contribution is -0.395. The van der Waals surface area contributed by atoms with Crippen LogP contribution in [0.15, 0.2) is 11.6 Å². The van der Waals surface area contributed by atoms with Crippen molar-refractivity contribution in [3.63, 3.8) is 0 Å². The second-order valence-corrected chi connectivity index (χ2v) is 28.0. The Balaban J connectivity index is 1.03. The molecule has 9 rings (SSSR count). The van der Waals surface area contributed by atoms with Crippen LogP contribution >= 0.6 is 0 Å². The molecule has 86 heavy (non-hydrogen) atoms. The highest BCUT2D eigenvalue weighted by atomic mass is 16.8. The maximum Gasteiger partial charge on any atom is 0.335 e. The predicted molar refractivity (Wildman–Crippen MR) is 289 cm³/mol. The summed E-state index contributed by atoms with van der Waals surface area (Å²) < 4.78 is 59.6. The number of carbonyl (C=O) groups excluding carboxylic acids is 3. The molecule has 8 fully saturated rings. The maximum atomic E-state index is 14.2. The molecule has 4 aliphatic heterocycles. The topological polar surface area (TPSA) is 424 Å². The fourth-order valence-electron chi connectivity index (χ4n) is 17.1. The Labute approximate surface area is 498 Å². The lowest BCUT2D eigenvalue weighted by Crippen LogP contribution is -2.72. The Morgan fingerprint density at radius 3 is 1.95 bits per heavy atom. The number of ether oxygens (including phenoxy) is 10. The first kappa shape index (κ1) is 67.4. The fourth-order valence-corrected chi connectivity index (χ4v) is 17.1. The molecule has 4 heterocycles. The number of allylic oxidation sites excluding steroid dienone is 2. The van der Waals surface area contributed by atoms with Crippen LogP contribution in [0.1, 0.15) is 114 Å². The van der Waals surface area contributed by atoms with E-state index in [0.29, 0.717) is 32.1 Å². The van der Waals surface area contributed by atoms with Gasteiger partial charge < -0.3 is 119 Å². The van der Waals surface area contributed by atoms with Crippen LogP contribution in [-0.4, -0.2) is 252 Å². The van der Waals surface area contributed by atoms with Crippen LogP contribution < -0.4 is 0 Å². The fraction of sp³-hybridized carbons (Fsp3) is 0.898. The molecule has 13 N–H and O–H groups in total. The number of hydrogen-bond acceptors (Lipinski definition) is 26. The lowest BCUT2D eigenvalue weighted by atomic mass is 9.33. The van der Waals surface area contributed by atoms with Gasteiger partial charge in [0.2, 0.25) is 0 Å². The summed E-state index contributed by atoms with van der Waals surface area (Å²) in [4.78, 5) is 53.1. The van der Waals surface area contributed by atoms with E-state index < -0.39 is 217 Å². The van der Waals surface area contributed by atoms with Crippen LogP contribution in [0.4, 0.5) is 0 Å². The third kappa shape index (κ3) is 11.3. The number of aldehydes is 1. The first-order chi connectivity index (χ1) is 40.2. The quantitative estimate of drug-likeness (QED) is 0.0346. The summed E-state index contributed by atoms with van der Waals surface area (Å²) in [7, 11) is 0. The summed E-state index contributed by atoms with van der Waals surface area (Å²) in [5.41, 5.74) is -4.63. The van der Waals surface area contributed by atoms with Gasteiger partial charge in [0.25, 0.3) is 0 Å². The number of aliphatic hydroxyl groups excluding tert-OH is 12. The first-order valence-electron chi connectivity index (χ1n) is 30.1. The van der Waals surface area contributed by atoms with Gasteiger partial charge in [0, 0.05) is 18.8 Å². The van der Waals surface area contributed by atoms with Gasteiger partial charge in [-0.2, -0.15) is 0 Å². The number of carbonyl (C=O) groups is 4. The van der Waals surface area contributed by atoms with Gasteiger partial charge in [-0.3, -0.25) is 9.59 Å². The molecule has 0 amide bonds. The number of aliphatic carboxylic acids is 1. The van der Waals surface area contributed by atoms with Gasteiger partial charge in [-0.05, 0) is 84.9 Å². The Morgan fingerprint density at radius 1 is 0.698 bits per heavy atom. The molecular weight excluding hydrogens is 1140 g/mol. The van der Waals surface area contributed by atoms with Gasteiger partial charge in [0.15, 0.2) is 31.3 Å². The third-order valence-electron chi connectivity index (χ3n) is 22.0. The van der Waals surface area contributed by atoms with Gasteiger partial charge in [0.1, 0.15) is 104 Å². The number of fused-ring (bicyclic) bond motifs is 7. The van der Waals surface area contributed by atoms with Gasteiger partial charge >= 0.3 is 17.9 Å². The van der Waals surface area contributed by atoms with Gasteiger partial charge in [-0.1, -0.05) is 67.0 Å². The van der Waals surface area contributed by atoms with Crippen molar-refractivity contribution in [2.45, 2.75) is 249 Å². The van der Waals surface area contributed by atoms with Crippen molar-refractivity contribution in [3.8, 4) is 0 Å². The average molecular weight is 1230 g/mol. The molecule has 9 aliphatic rings. The average Bonchev–Trinajstić information content (AvgIpc) is 0.682. The zero-order valence-electron chi connectivity index (χ0n) is 50.2. The normalized spacial score (nSPS) is 51.0. The second kappa shape index (κ2) is 24.9. The molecule has 0 aromatic rings. The first-order valence-corrected chi connectivity index (χ1v) is 30.1. The molecule has 490 valence electrons. The minimum atomic E-state index is -2.26. The van der Waals surface area contributed by atoms with Crippen molar-refractivity contribution in [1.29, 1.82) is 0 Å². The van der Waals surface area contributed by atoms with Gasteiger partial charge in [0.05, 0.1) is 42.9 Å². The zero-order valence-corrected chi connectivity index (χ0v) is 50.2. The van der Waals surface area contributed by atoms with Crippen LogP contribution in [0, 0.1) is 56.2 Å². The molecule has 4 saturated carbocycles. The van der Waals surface area contributed by atoms with Gasteiger partial charge in [-0.25, -0.2) is 4.79 Å². The number of carboxylic acids is 1. The SMILES string of the molecule is CC(=O)OC[C@@]12[C@H](O)C[C@]3(C)C(=CC[C@@H]4[C@@]5(C)CC[C@H](O[C@@H]6O[C@H](C(=O)O)[C@@H](O)[C@H](O[C@@H]7OC[C@H](O)[C@H](O[C@@H]8OC[C@H](O)[C@H](O)[C@H]8O)[C@H]7O)[C@H]6O[C@@H]6O[C@H](CO)[C@H](O)[C@H](O)[C@H]6O)[C@@](C)(C=O)[C@@H]5CC[C@]43C)[C@@H]1CC(C)(C)[C@@H](OC(=O)CC(C)C)[C@@H]2O. The van der Waals surface area contributed by atoms with Crippen molar-refractivity contribution in [2.24, 2.45) is 56.2 Å². The number of hydrogen-bond donors (Lipinski definition) is 13. The van der Waals surface area contributed by atoms with E-state index in [1.165, 1.54) is 6.92 Å². The monoisotopic (exact) mass is 1230 g/mol. The van der Waals surface area contributed by atoms with Crippen molar-refractivity contribution >= 4 is 24.2 Å². The molecular formula is C59H92O27. The molecule has 4 saturated heterocycles. The molecule has 0 unspecified atom stereocenters.